The highest BCUT2D eigenvalue weighted by Gasteiger charge is 2.44. The van der Waals surface area contributed by atoms with E-state index in [4.69, 9.17) is 9.84 Å². The third-order valence-corrected chi connectivity index (χ3v) is 4.65. The van der Waals surface area contributed by atoms with Crippen LogP contribution < -0.4 is 16.3 Å². The van der Waals surface area contributed by atoms with Gasteiger partial charge in [0.2, 0.25) is 5.85 Å². The first-order valence-electron chi connectivity index (χ1n) is 7.17. The van der Waals surface area contributed by atoms with Crippen molar-refractivity contribution in [1.29, 1.82) is 0 Å². The number of carboxylic acids is 1. The van der Waals surface area contributed by atoms with E-state index >= 15 is 0 Å². The minimum absolute atomic E-state index is 0.0560. The molecular weight excluding hydrogens is 364 g/mol. The van der Waals surface area contributed by atoms with E-state index in [2.05, 4.69) is 4.52 Å². The Kier molecular flexibility index (Phi) is 5.59. The van der Waals surface area contributed by atoms with E-state index in [0.717, 1.165) is 23.8 Å². The van der Waals surface area contributed by atoms with E-state index in [1.54, 1.807) is 0 Å². The van der Waals surface area contributed by atoms with E-state index in [-0.39, 0.29) is 12.8 Å². The van der Waals surface area contributed by atoms with E-state index in [1.807, 2.05) is 10.1 Å². The van der Waals surface area contributed by atoms with Crippen LogP contribution in [0.1, 0.15) is 26.0 Å². The molecule has 1 unspecified atom stereocenters. The molecule has 1 aromatic rings. The Morgan fingerprint density at radius 1 is 1.68 bits per heavy atom. The van der Waals surface area contributed by atoms with Gasteiger partial charge in [-0.15, -0.1) is 0 Å². The zero-order valence-corrected chi connectivity index (χ0v) is 13.9. The van der Waals surface area contributed by atoms with Crippen LogP contribution in [0.3, 0.4) is 0 Å². The maximum absolute atomic E-state index is 14.6. The summed E-state index contributed by atoms with van der Waals surface area (Å²) in [4.78, 5) is 44.8. The zero-order chi connectivity index (χ0) is 18.8. The first kappa shape index (κ1) is 19.5. The highest BCUT2D eigenvalue weighted by atomic mass is 31.2. The molecule has 0 spiro atoms. The maximum Gasteiger partial charge on any atom is 0.403 e. The topological polar surface area (TPSA) is 160 Å². The van der Waals surface area contributed by atoms with E-state index in [9.17, 15) is 28.2 Å². The van der Waals surface area contributed by atoms with Gasteiger partial charge >= 0.3 is 19.4 Å². The summed E-state index contributed by atoms with van der Waals surface area (Å²) in [6, 6.07) is -0.318. The summed E-state index contributed by atoms with van der Waals surface area (Å²) >= 11 is 0. The third-order valence-electron chi connectivity index (χ3n) is 3.46. The van der Waals surface area contributed by atoms with Crippen LogP contribution in [0.5, 0.6) is 0 Å². The van der Waals surface area contributed by atoms with Gasteiger partial charge in [0.1, 0.15) is 18.9 Å². The van der Waals surface area contributed by atoms with Gasteiger partial charge in [-0.25, -0.2) is 18.8 Å². The van der Waals surface area contributed by atoms with Gasteiger partial charge in [0.05, 0.1) is 0 Å². The second-order valence-corrected chi connectivity index (χ2v) is 7.05. The fourth-order valence-corrected chi connectivity index (χ4v) is 3.22. The van der Waals surface area contributed by atoms with Crippen molar-refractivity contribution in [3.05, 3.63) is 33.1 Å². The third kappa shape index (κ3) is 5.06. The van der Waals surface area contributed by atoms with E-state index < -0.39 is 49.7 Å². The molecule has 1 aliphatic rings. The largest absolute Gasteiger partial charge is 0.480 e. The second-order valence-electron chi connectivity index (χ2n) is 5.49. The van der Waals surface area contributed by atoms with Crippen LogP contribution >= 0.6 is 7.75 Å². The molecule has 2 rings (SSSR count). The van der Waals surface area contributed by atoms with Gasteiger partial charge in [0.25, 0.3) is 5.56 Å². The number of alkyl halides is 1. The number of ether oxygens (including phenoxy) is 1. The molecule has 13 heteroatoms. The number of aromatic amines is 1. The van der Waals surface area contributed by atoms with Crippen molar-refractivity contribution in [2.24, 2.45) is 0 Å². The fraction of sp³-hybridized carbons (Fsp3) is 0.583. The van der Waals surface area contributed by atoms with Crippen LogP contribution in [-0.2, 0) is 18.6 Å². The lowest BCUT2D eigenvalue weighted by Gasteiger charge is -2.23. The highest BCUT2D eigenvalue weighted by Crippen LogP contribution is 2.43. The van der Waals surface area contributed by atoms with Crippen LogP contribution in [0.2, 0.25) is 0 Å². The second kappa shape index (κ2) is 7.18. The molecule has 1 aliphatic heterocycles. The Labute approximate surface area is 140 Å². The molecule has 1 fully saturated rings. The molecule has 4 N–H and O–H groups in total. The van der Waals surface area contributed by atoms with Crippen molar-refractivity contribution < 1.29 is 33.0 Å². The monoisotopic (exact) mass is 381 g/mol. The molecule has 0 radical (unpaired) electrons. The normalized spacial score (nSPS) is 26.9. The molecule has 0 amide bonds. The van der Waals surface area contributed by atoms with Crippen LogP contribution in [0.15, 0.2) is 21.9 Å². The molecule has 0 saturated carbocycles. The Morgan fingerprint density at radius 3 is 2.96 bits per heavy atom. The molecule has 1 aromatic heterocycles. The summed E-state index contributed by atoms with van der Waals surface area (Å²) in [6.45, 7) is 0.166. The van der Waals surface area contributed by atoms with Crippen LogP contribution in [-0.4, -0.2) is 44.0 Å². The zero-order valence-electron chi connectivity index (χ0n) is 13.0. The summed E-state index contributed by atoms with van der Waals surface area (Å²) in [5.41, 5.74) is -1.40. The minimum Gasteiger partial charge on any atom is -0.480 e. The van der Waals surface area contributed by atoms with Gasteiger partial charge in [-0.2, -0.15) is 0 Å². The average molecular weight is 381 g/mol. The Hall–Kier alpha value is -1.85. The SMILES string of the molecule is C[C@H](NP(=O)(O)OC[C@]1(F)CC[C@H](n2ccc(=O)[nH]c2=O)O1)C(=O)O. The first-order chi connectivity index (χ1) is 11.5. The number of halogens is 1. The van der Waals surface area contributed by atoms with Gasteiger partial charge in [-0.3, -0.25) is 23.7 Å². The highest BCUT2D eigenvalue weighted by molar-refractivity contribution is 7.50. The van der Waals surface area contributed by atoms with Gasteiger partial charge in [-0.05, 0) is 13.3 Å². The lowest BCUT2D eigenvalue weighted by Crippen LogP contribution is -2.35. The Bertz CT molecular complexity index is 810. The summed E-state index contributed by atoms with van der Waals surface area (Å²) in [5.74, 6) is -3.84. The van der Waals surface area contributed by atoms with Crippen molar-refractivity contribution in [3.8, 4) is 0 Å². The predicted molar refractivity (Wildman–Crippen MR) is 80.5 cm³/mol. The Morgan fingerprint density at radius 2 is 2.36 bits per heavy atom. The van der Waals surface area contributed by atoms with Gasteiger partial charge in [-0.1, -0.05) is 0 Å². The fourth-order valence-electron chi connectivity index (χ4n) is 2.18. The summed E-state index contributed by atoms with van der Waals surface area (Å²) in [7, 11) is -4.57. The Balaban J connectivity index is 1.99. The molecule has 140 valence electrons. The van der Waals surface area contributed by atoms with Crippen molar-refractivity contribution in [2.75, 3.05) is 6.61 Å². The van der Waals surface area contributed by atoms with E-state index in [1.165, 1.54) is 0 Å². The lowest BCUT2D eigenvalue weighted by molar-refractivity contribution is -0.174. The molecular formula is C12H17FN3O8P. The summed E-state index contributed by atoms with van der Waals surface area (Å²) in [6.07, 6.45) is -0.0640. The summed E-state index contributed by atoms with van der Waals surface area (Å²) in [5, 5.41) is 10.5. The number of aromatic nitrogens is 2. The maximum atomic E-state index is 14.6. The van der Waals surface area contributed by atoms with E-state index in [0.29, 0.717) is 0 Å². The van der Waals surface area contributed by atoms with Gasteiger partial charge in [0.15, 0.2) is 0 Å². The lowest BCUT2D eigenvalue weighted by atomic mass is 10.2. The van der Waals surface area contributed by atoms with Crippen LogP contribution in [0, 0.1) is 0 Å². The number of hydrogen-bond donors (Lipinski definition) is 4. The molecule has 0 aliphatic carbocycles. The van der Waals surface area contributed by atoms with Crippen LogP contribution in [0.4, 0.5) is 4.39 Å². The molecule has 0 bridgehead atoms. The number of H-pyrrole nitrogens is 1. The van der Waals surface area contributed by atoms with Gasteiger partial charge < -0.3 is 14.7 Å². The number of carbonyl (C=O) groups is 1. The number of rotatable bonds is 7. The molecule has 0 aromatic carbocycles. The standard InChI is InChI=1S/C12H17FN3O8P/c1-7(10(18)19)15-25(21,22)23-6-12(13)4-2-9(24-12)16-5-3-8(17)14-11(16)20/h3,5,7,9H,2,4,6H2,1H3,(H,18,19)(H,14,17,20)(H2,15,21,22)/t7-,9+,12-/m0/s1. The number of carboxylic acid groups (broad SMARTS) is 1. The quantitative estimate of drug-likeness (QED) is 0.465. The van der Waals surface area contributed by atoms with Crippen LogP contribution in [0.25, 0.3) is 0 Å². The number of nitrogens with zero attached hydrogens (tertiary/aromatic N) is 1. The molecule has 4 atom stereocenters. The van der Waals surface area contributed by atoms with Crippen molar-refractivity contribution in [1.82, 2.24) is 14.6 Å². The van der Waals surface area contributed by atoms with Gasteiger partial charge in [0, 0.05) is 18.7 Å². The summed E-state index contributed by atoms with van der Waals surface area (Å²) < 4.78 is 36.9. The number of hydrogen-bond acceptors (Lipinski definition) is 6. The first-order valence-corrected chi connectivity index (χ1v) is 8.75. The van der Waals surface area contributed by atoms with Crippen molar-refractivity contribution in [3.63, 3.8) is 0 Å². The van der Waals surface area contributed by atoms with Crippen molar-refractivity contribution >= 4 is 13.7 Å². The predicted octanol–water partition coefficient (Wildman–Crippen LogP) is -0.309. The minimum atomic E-state index is -4.57. The molecule has 25 heavy (non-hydrogen) atoms. The molecule has 11 nitrogen and oxygen atoms in total. The number of aliphatic carboxylic acids is 1. The molecule has 1 saturated heterocycles. The number of nitrogens with one attached hydrogen (secondary N) is 2. The van der Waals surface area contributed by atoms with Crippen molar-refractivity contribution in [2.45, 2.75) is 37.9 Å². The molecule has 2 heterocycles. The average Bonchev–Trinajstić information content (AvgIpc) is 2.88. The smallest absolute Gasteiger partial charge is 0.403 e.